The van der Waals surface area contributed by atoms with Crippen molar-refractivity contribution in [3.05, 3.63) is 41.4 Å². The zero-order chi connectivity index (χ0) is 16.0. The first-order valence-corrected chi connectivity index (χ1v) is 5.96. The fourth-order valence-corrected chi connectivity index (χ4v) is 1.24. The lowest BCUT2D eigenvalue weighted by Crippen LogP contribution is -2.31. The highest BCUT2D eigenvalue weighted by Gasteiger charge is 2.12. The molecule has 0 heterocycles. The number of carboxylic acids is 1. The van der Waals surface area contributed by atoms with Crippen LogP contribution in [0.1, 0.15) is 19.4 Å². The minimum atomic E-state index is -1.36. The summed E-state index contributed by atoms with van der Waals surface area (Å²) in [5.74, 6) is 9.26. The van der Waals surface area contributed by atoms with E-state index < -0.39 is 17.3 Å². The average molecular weight is 291 g/mol. The fraction of sp³-hybridized carbons (Fsp3) is 0.214. The molecule has 0 aliphatic heterocycles. The van der Waals surface area contributed by atoms with Crippen LogP contribution in [0.25, 0.3) is 0 Å². The number of hydrazine groups is 1. The molecule has 1 aromatic carbocycles. The van der Waals surface area contributed by atoms with E-state index >= 15 is 0 Å². The molecule has 0 saturated carbocycles. The Morgan fingerprint density at radius 3 is 2.62 bits per heavy atom. The second kappa shape index (κ2) is 6.65. The quantitative estimate of drug-likeness (QED) is 0.172. The molecule has 0 aliphatic rings. The molecule has 0 bridgehead atoms. The Morgan fingerprint density at radius 2 is 2.10 bits per heavy atom. The third kappa shape index (κ3) is 5.44. The van der Waals surface area contributed by atoms with Crippen molar-refractivity contribution in [3.63, 3.8) is 0 Å². The molecule has 1 aromatic rings. The Labute approximate surface area is 122 Å². The Bertz CT molecular complexity index is 621. The molecule has 0 atom stereocenters. The smallest absolute Gasteiger partial charge is 0.357 e. The largest absolute Gasteiger partial charge is 0.476 e. The van der Waals surface area contributed by atoms with Crippen LogP contribution in [0.15, 0.2) is 35.8 Å². The van der Waals surface area contributed by atoms with Crippen molar-refractivity contribution in [2.24, 2.45) is 11.6 Å². The topological polar surface area (TPSA) is 131 Å². The van der Waals surface area contributed by atoms with Gasteiger partial charge in [-0.3, -0.25) is 5.43 Å². The van der Waals surface area contributed by atoms with Crippen LogP contribution in [0.3, 0.4) is 0 Å². The van der Waals surface area contributed by atoms with Crippen molar-refractivity contribution in [2.75, 3.05) is 0 Å². The molecule has 7 nitrogen and oxygen atoms in total. The number of carboxylic acid groups (broad SMARTS) is 1. The number of nitrogens with two attached hydrogens (primary N) is 2. The molecule has 7 N–H and O–H groups in total. The van der Waals surface area contributed by atoms with Gasteiger partial charge in [-0.15, -0.1) is 0 Å². The second-order valence-electron chi connectivity index (χ2n) is 4.63. The summed E-state index contributed by atoms with van der Waals surface area (Å²) in [6.45, 7) is 3.13. The van der Waals surface area contributed by atoms with E-state index in [0.717, 1.165) is 0 Å². The van der Waals surface area contributed by atoms with Crippen LogP contribution >= 0.6 is 0 Å². The third-order valence-electron chi connectivity index (χ3n) is 2.17. The van der Waals surface area contributed by atoms with Crippen molar-refractivity contribution < 1.29 is 19.7 Å². The monoisotopic (exact) mass is 291 g/mol. The summed E-state index contributed by atoms with van der Waals surface area (Å²) in [6.07, 6.45) is 0. The average Bonchev–Trinajstić information content (AvgIpc) is 2.41. The number of hydrogen-bond acceptors (Lipinski definition) is 6. The highest BCUT2D eigenvalue weighted by Crippen LogP contribution is 2.15. The number of aliphatic hydroxyl groups is 1. The van der Waals surface area contributed by atoms with Crippen LogP contribution in [0.5, 0.6) is 5.75 Å². The first kappa shape index (κ1) is 16.4. The molecule has 0 fully saturated rings. The molecular formula is C14H17N3O4. The molecule has 0 amide bonds. The summed E-state index contributed by atoms with van der Waals surface area (Å²) in [5.41, 5.74) is 6.32. The Balaban J connectivity index is 3.03. The van der Waals surface area contributed by atoms with E-state index in [1.165, 1.54) is 0 Å². The van der Waals surface area contributed by atoms with Gasteiger partial charge in [0.25, 0.3) is 0 Å². The van der Waals surface area contributed by atoms with Crippen molar-refractivity contribution in [1.82, 2.24) is 5.43 Å². The lowest BCUT2D eigenvalue weighted by molar-refractivity contribution is -0.132. The number of benzene rings is 1. The third-order valence-corrected chi connectivity index (χ3v) is 2.17. The van der Waals surface area contributed by atoms with E-state index in [9.17, 15) is 9.90 Å². The Kier molecular flexibility index (Phi) is 5.18. The molecule has 112 valence electrons. The minimum Gasteiger partial charge on any atom is -0.476 e. The number of ether oxygens (including phenoxy) is 1. The summed E-state index contributed by atoms with van der Waals surface area (Å²) in [5, 5.41) is 18.3. The van der Waals surface area contributed by atoms with Gasteiger partial charge in [-0.2, -0.15) is 0 Å². The second-order valence-corrected chi connectivity index (χ2v) is 4.63. The van der Waals surface area contributed by atoms with Crippen LogP contribution in [0, 0.1) is 11.8 Å². The highest BCUT2D eigenvalue weighted by molar-refractivity contribution is 5.85. The van der Waals surface area contributed by atoms with Crippen LogP contribution in [0.2, 0.25) is 0 Å². The van der Waals surface area contributed by atoms with Gasteiger partial charge in [-0.25, -0.2) is 10.6 Å². The lowest BCUT2D eigenvalue weighted by atomic mass is 10.1. The molecule has 0 aliphatic carbocycles. The van der Waals surface area contributed by atoms with E-state index in [-0.39, 0.29) is 5.88 Å². The predicted molar refractivity (Wildman–Crippen MR) is 76.4 cm³/mol. The number of carbonyl (C=O) groups is 1. The normalized spacial score (nSPS) is 11.8. The molecule has 21 heavy (non-hydrogen) atoms. The number of rotatable bonds is 4. The van der Waals surface area contributed by atoms with E-state index in [1.807, 2.05) is 0 Å². The van der Waals surface area contributed by atoms with Crippen molar-refractivity contribution in [3.8, 4) is 17.6 Å². The maximum Gasteiger partial charge on any atom is 0.357 e. The standard InChI is InChI=1S/C14H17N3O4/c1-14(2,20)7-6-9-4-3-5-10(8-9)21-12(17-16)11(15)13(18)19/h3-5,8,17,20H,15-16H2,1-2H3,(H,18,19)/b12-11+. The first-order chi connectivity index (χ1) is 9.73. The summed E-state index contributed by atoms with van der Waals surface area (Å²) >= 11 is 0. The van der Waals surface area contributed by atoms with Gasteiger partial charge in [0.15, 0.2) is 5.70 Å². The van der Waals surface area contributed by atoms with E-state index in [1.54, 1.807) is 38.1 Å². The van der Waals surface area contributed by atoms with Crippen LogP contribution in [0.4, 0.5) is 0 Å². The van der Waals surface area contributed by atoms with Crippen LogP contribution in [-0.4, -0.2) is 21.8 Å². The van der Waals surface area contributed by atoms with E-state index in [2.05, 4.69) is 17.3 Å². The molecule has 1 rings (SSSR count). The summed E-state index contributed by atoms with van der Waals surface area (Å²) < 4.78 is 5.27. The molecule has 7 heteroatoms. The highest BCUT2D eigenvalue weighted by atomic mass is 16.5. The van der Waals surface area contributed by atoms with Gasteiger partial charge in [0.05, 0.1) is 0 Å². The number of nitrogens with one attached hydrogen (secondary N) is 1. The van der Waals surface area contributed by atoms with Gasteiger partial charge in [0, 0.05) is 5.56 Å². The Morgan fingerprint density at radius 1 is 1.43 bits per heavy atom. The molecule has 0 aromatic heterocycles. The van der Waals surface area contributed by atoms with Gasteiger partial charge in [-0.1, -0.05) is 17.9 Å². The van der Waals surface area contributed by atoms with Crippen LogP contribution < -0.4 is 21.7 Å². The summed E-state index contributed by atoms with van der Waals surface area (Å²) in [4.78, 5) is 10.8. The Hall–Kier alpha value is -2.69. The van der Waals surface area contributed by atoms with E-state index in [0.29, 0.717) is 11.3 Å². The minimum absolute atomic E-state index is 0.282. The predicted octanol–water partition coefficient (Wildman–Crippen LogP) is -0.136. The zero-order valence-electron chi connectivity index (χ0n) is 11.7. The molecule has 0 radical (unpaired) electrons. The molecular weight excluding hydrogens is 274 g/mol. The molecule has 0 saturated heterocycles. The van der Waals surface area contributed by atoms with Crippen molar-refractivity contribution >= 4 is 5.97 Å². The molecule has 0 spiro atoms. The number of hydrogen-bond donors (Lipinski definition) is 5. The fourth-order valence-electron chi connectivity index (χ4n) is 1.24. The van der Waals surface area contributed by atoms with Gasteiger partial charge in [0.1, 0.15) is 11.4 Å². The van der Waals surface area contributed by atoms with Crippen molar-refractivity contribution in [1.29, 1.82) is 0 Å². The van der Waals surface area contributed by atoms with Crippen LogP contribution in [-0.2, 0) is 4.79 Å². The summed E-state index contributed by atoms with van der Waals surface area (Å²) in [7, 11) is 0. The summed E-state index contributed by atoms with van der Waals surface area (Å²) in [6, 6.07) is 6.52. The van der Waals surface area contributed by atoms with Gasteiger partial charge in [0.2, 0.25) is 5.88 Å². The maximum absolute atomic E-state index is 10.8. The molecule has 0 unspecified atom stereocenters. The van der Waals surface area contributed by atoms with Gasteiger partial charge < -0.3 is 20.7 Å². The van der Waals surface area contributed by atoms with Gasteiger partial charge >= 0.3 is 5.97 Å². The zero-order valence-corrected chi connectivity index (χ0v) is 11.7. The van der Waals surface area contributed by atoms with Gasteiger partial charge in [-0.05, 0) is 32.0 Å². The lowest BCUT2D eigenvalue weighted by Gasteiger charge is -2.11. The number of aliphatic carboxylic acids is 1. The first-order valence-electron chi connectivity index (χ1n) is 5.96. The van der Waals surface area contributed by atoms with E-state index in [4.69, 9.17) is 21.4 Å². The SMILES string of the molecule is CC(C)(O)C#Cc1cccc(O/C(NN)=C(/N)C(=O)O)c1. The maximum atomic E-state index is 10.8. The van der Waals surface area contributed by atoms with Crippen molar-refractivity contribution in [2.45, 2.75) is 19.4 Å².